The summed E-state index contributed by atoms with van der Waals surface area (Å²) in [6.07, 6.45) is 3.39. The molecule has 0 atom stereocenters. The molecule has 8 heteroatoms. The van der Waals surface area contributed by atoms with E-state index in [-0.39, 0.29) is 5.54 Å². The summed E-state index contributed by atoms with van der Waals surface area (Å²) >= 11 is 7.49. The van der Waals surface area contributed by atoms with Gasteiger partial charge < -0.3 is 9.46 Å². The van der Waals surface area contributed by atoms with Crippen LogP contribution in [-0.2, 0) is 6.54 Å². The van der Waals surface area contributed by atoms with E-state index >= 15 is 0 Å². The molecule has 1 saturated heterocycles. The first-order valence-electron chi connectivity index (χ1n) is 11.5. The molecule has 0 radical (unpaired) electrons. The molecule has 1 N–H and O–H groups in total. The van der Waals surface area contributed by atoms with Gasteiger partial charge in [-0.05, 0) is 56.5 Å². The molecule has 1 aliphatic heterocycles. The van der Waals surface area contributed by atoms with Gasteiger partial charge in [-0.2, -0.15) is 0 Å². The number of nitrogens with one attached hydrogen (secondary N) is 1. The number of rotatable bonds is 7. The summed E-state index contributed by atoms with van der Waals surface area (Å²) in [5.74, 6) is 0.534. The first-order valence-corrected chi connectivity index (χ1v) is 12.7. The fraction of sp³-hybridized carbons (Fsp3) is 0.385. The molecule has 0 aliphatic carbocycles. The number of halogens is 1. The van der Waals surface area contributed by atoms with E-state index in [2.05, 4.69) is 69.5 Å². The Labute approximate surface area is 211 Å². The van der Waals surface area contributed by atoms with Gasteiger partial charge >= 0.3 is 0 Å². The van der Waals surface area contributed by atoms with Crippen LogP contribution in [0, 0.1) is 0 Å². The maximum absolute atomic E-state index is 6.09. The average molecular weight is 498 g/mol. The lowest BCUT2D eigenvalue weighted by molar-refractivity contribution is 0.0591. The summed E-state index contributed by atoms with van der Waals surface area (Å²) in [7, 11) is 1.60. The Morgan fingerprint density at radius 3 is 2.44 bits per heavy atom. The molecule has 4 rings (SSSR count). The summed E-state index contributed by atoms with van der Waals surface area (Å²) < 4.78 is 8.66. The second kappa shape index (κ2) is 11.0. The quantitative estimate of drug-likeness (QED) is 0.411. The largest absolute Gasteiger partial charge is 0.480 e. The first-order chi connectivity index (χ1) is 16.3. The molecule has 3 heterocycles. The van der Waals surface area contributed by atoms with Gasteiger partial charge in [-0.25, -0.2) is 4.98 Å². The lowest BCUT2D eigenvalue weighted by atomic mass is 10.0. The molecule has 0 amide bonds. The monoisotopic (exact) mass is 497 g/mol. The van der Waals surface area contributed by atoms with Gasteiger partial charge in [0.25, 0.3) is 0 Å². The lowest BCUT2D eigenvalue weighted by Crippen LogP contribution is -2.53. The normalized spacial score (nSPS) is 15.3. The zero-order chi connectivity index (χ0) is 24.1. The molecule has 2 aromatic heterocycles. The van der Waals surface area contributed by atoms with E-state index in [9.17, 15) is 0 Å². The summed E-state index contributed by atoms with van der Waals surface area (Å²) in [4.78, 5) is 14.7. The van der Waals surface area contributed by atoms with E-state index < -0.39 is 0 Å². The van der Waals surface area contributed by atoms with E-state index in [1.807, 2.05) is 24.4 Å². The van der Waals surface area contributed by atoms with Crippen LogP contribution in [0.5, 0.6) is 5.88 Å². The van der Waals surface area contributed by atoms with Crippen LogP contribution in [0.25, 0.3) is 11.3 Å². The highest BCUT2D eigenvalue weighted by Crippen LogP contribution is 2.31. The first kappa shape index (κ1) is 24.8. The molecule has 180 valence electrons. The number of hydrogen-bond acceptors (Lipinski definition) is 7. The highest BCUT2D eigenvalue weighted by molar-refractivity contribution is 8.00. The maximum Gasteiger partial charge on any atom is 0.228 e. The molecule has 0 spiro atoms. The van der Waals surface area contributed by atoms with Crippen molar-refractivity contribution in [1.29, 1.82) is 0 Å². The molecule has 6 nitrogen and oxygen atoms in total. The minimum absolute atomic E-state index is 0.250. The van der Waals surface area contributed by atoms with Crippen molar-refractivity contribution in [3.8, 4) is 17.1 Å². The second-order valence-corrected chi connectivity index (χ2v) is 10.7. The SMILES string of the molecule is COc1ncc(Cl)cc1SNc1ccnc(-c2ccc(CN3CCN(C(C)(C)C)CC3)cc2)c1. The van der Waals surface area contributed by atoms with E-state index in [0.29, 0.717) is 10.9 Å². The molecule has 1 fully saturated rings. The van der Waals surface area contributed by atoms with Crippen LogP contribution in [-0.4, -0.2) is 58.6 Å². The van der Waals surface area contributed by atoms with Gasteiger partial charge in [0.2, 0.25) is 5.88 Å². The third-order valence-electron chi connectivity index (χ3n) is 5.99. The molecule has 1 aromatic carbocycles. The number of benzene rings is 1. The number of anilines is 1. The van der Waals surface area contributed by atoms with Crippen LogP contribution in [0.1, 0.15) is 26.3 Å². The van der Waals surface area contributed by atoms with Crippen LogP contribution in [0.4, 0.5) is 5.69 Å². The van der Waals surface area contributed by atoms with Crippen molar-refractivity contribution in [2.75, 3.05) is 38.0 Å². The highest BCUT2D eigenvalue weighted by Gasteiger charge is 2.25. The third-order valence-corrected chi connectivity index (χ3v) is 7.05. The highest BCUT2D eigenvalue weighted by atomic mass is 35.5. The van der Waals surface area contributed by atoms with Crippen molar-refractivity contribution in [2.24, 2.45) is 0 Å². The zero-order valence-electron chi connectivity index (χ0n) is 20.2. The molecule has 0 unspecified atom stereocenters. The van der Waals surface area contributed by atoms with Crippen LogP contribution in [0.3, 0.4) is 0 Å². The third kappa shape index (κ3) is 6.42. The van der Waals surface area contributed by atoms with Crippen LogP contribution in [0.15, 0.2) is 59.8 Å². The number of aromatic nitrogens is 2. The smallest absolute Gasteiger partial charge is 0.228 e. The van der Waals surface area contributed by atoms with Crippen molar-refractivity contribution < 1.29 is 4.74 Å². The number of nitrogens with zero attached hydrogens (tertiary/aromatic N) is 4. The minimum atomic E-state index is 0.250. The van der Waals surface area contributed by atoms with E-state index in [1.165, 1.54) is 17.5 Å². The Morgan fingerprint density at radius 2 is 1.76 bits per heavy atom. The predicted octanol–water partition coefficient (Wildman–Crippen LogP) is 5.84. The van der Waals surface area contributed by atoms with E-state index in [0.717, 1.165) is 54.6 Å². The van der Waals surface area contributed by atoms with Crippen molar-refractivity contribution in [1.82, 2.24) is 19.8 Å². The number of methoxy groups -OCH3 is 1. The molecule has 34 heavy (non-hydrogen) atoms. The summed E-state index contributed by atoms with van der Waals surface area (Å²) in [5.41, 5.74) is 4.54. The fourth-order valence-corrected chi connectivity index (χ4v) is 5.00. The summed E-state index contributed by atoms with van der Waals surface area (Å²) in [6, 6.07) is 14.5. The van der Waals surface area contributed by atoms with Gasteiger partial charge in [0.15, 0.2) is 0 Å². The topological polar surface area (TPSA) is 53.5 Å². The van der Waals surface area contributed by atoms with Crippen LogP contribution >= 0.6 is 23.5 Å². The molecular formula is C26H32ClN5OS. The Hall–Kier alpha value is -2.32. The van der Waals surface area contributed by atoms with Crippen molar-refractivity contribution in [3.63, 3.8) is 0 Å². The second-order valence-electron chi connectivity index (χ2n) is 9.43. The van der Waals surface area contributed by atoms with Crippen LogP contribution in [0.2, 0.25) is 5.02 Å². The molecule has 3 aromatic rings. The van der Waals surface area contributed by atoms with Crippen molar-refractivity contribution in [3.05, 3.63) is 65.4 Å². The standard InChI is InChI=1S/C26H32ClN5OS/c1-26(2,3)32-13-11-31(12-14-32)18-19-5-7-20(8-6-19)23-16-22(9-10-28-23)30-34-24-15-21(27)17-29-25(24)33-4/h5-10,15-17H,11-14,18H2,1-4H3,(H,28,30). The predicted molar refractivity (Wildman–Crippen MR) is 142 cm³/mol. The van der Waals surface area contributed by atoms with Gasteiger partial charge in [0.05, 0.1) is 22.7 Å². The summed E-state index contributed by atoms with van der Waals surface area (Å²) in [5, 5.41) is 0.566. The van der Waals surface area contributed by atoms with Gasteiger partial charge in [-0.3, -0.25) is 14.8 Å². The lowest BCUT2D eigenvalue weighted by Gasteiger charge is -2.42. The van der Waals surface area contributed by atoms with Gasteiger partial charge in [0, 0.05) is 61.9 Å². The summed E-state index contributed by atoms with van der Waals surface area (Å²) in [6.45, 7) is 12.3. The van der Waals surface area contributed by atoms with Crippen molar-refractivity contribution >= 4 is 29.2 Å². The number of ether oxygens (including phenoxy) is 1. The Balaban J connectivity index is 1.36. The molecule has 1 aliphatic rings. The molecule has 0 bridgehead atoms. The Bertz CT molecular complexity index is 1100. The maximum atomic E-state index is 6.09. The van der Waals surface area contributed by atoms with E-state index in [4.69, 9.17) is 16.3 Å². The fourth-order valence-electron chi connectivity index (χ4n) is 4.02. The van der Waals surface area contributed by atoms with Gasteiger partial charge in [-0.15, -0.1) is 0 Å². The van der Waals surface area contributed by atoms with Crippen molar-refractivity contribution in [2.45, 2.75) is 37.8 Å². The number of hydrogen-bond donors (Lipinski definition) is 1. The number of piperazine rings is 1. The molecular weight excluding hydrogens is 466 g/mol. The van der Waals surface area contributed by atoms with Crippen LogP contribution < -0.4 is 9.46 Å². The van der Waals surface area contributed by atoms with Gasteiger partial charge in [-0.1, -0.05) is 35.9 Å². The van der Waals surface area contributed by atoms with E-state index in [1.54, 1.807) is 13.3 Å². The Morgan fingerprint density at radius 1 is 1.03 bits per heavy atom. The average Bonchev–Trinajstić information content (AvgIpc) is 2.83. The zero-order valence-corrected chi connectivity index (χ0v) is 21.8. The minimum Gasteiger partial charge on any atom is -0.480 e. The Kier molecular flexibility index (Phi) is 7.99. The number of pyridine rings is 2. The van der Waals surface area contributed by atoms with Gasteiger partial charge in [0.1, 0.15) is 0 Å². The molecule has 0 saturated carbocycles.